The second-order valence-corrected chi connectivity index (χ2v) is 9.37. The summed E-state index contributed by atoms with van der Waals surface area (Å²) in [7, 11) is 6.36. The van der Waals surface area contributed by atoms with Crippen LogP contribution in [-0.4, -0.2) is 56.3 Å². The van der Waals surface area contributed by atoms with Gasteiger partial charge in [0.15, 0.2) is 11.5 Å². The van der Waals surface area contributed by atoms with E-state index in [1.54, 1.807) is 24.1 Å². The van der Waals surface area contributed by atoms with Crippen molar-refractivity contribution in [1.82, 2.24) is 14.9 Å². The summed E-state index contributed by atoms with van der Waals surface area (Å²) in [5, 5.41) is 2.96. The van der Waals surface area contributed by atoms with Crippen molar-refractivity contribution in [2.24, 2.45) is 0 Å². The van der Waals surface area contributed by atoms with Gasteiger partial charge in [-0.3, -0.25) is 9.59 Å². The fraction of sp³-hybridized carbons (Fsp3) is 0.323. The number of amides is 2. The number of carbonyl (C=O) groups is 2. The number of methoxy groups -OCH3 is 3. The summed E-state index contributed by atoms with van der Waals surface area (Å²) >= 11 is 0. The number of rotatable bonds is 13. The molecule has 210 valence electrons. The number of nitrogens with one attached hydrogen (secondary N) is 1. The van der Waals surface area contributed by atoms with Gasteiger partial charge in [-0.05, 0) is 49.2 Å². The highest BCUT2D eigenvalue weighted by Crippen LogP contribution is 2.38. The fourth-order valence-electron chi connectivity index (χ4n) is 4.63. The lowest BCUT2D eigenvalue weighted by Gasteiger charge is -2.18. The van der Waals surface area contributed by atoms with Gasteiger partial charge in [0, 0.05) is 31.3 Å². The number of fused-ring (bicyclic) bond motifs is 1. The molecule has 0 aliphatic rings. The summed E-state index contributed by atoms with van der Waals surface area (Å²) in [4.78, 5) is 32.4. The predicted molar refractivity (Wildman–Crippen MR) is 156 cm³/mol. The van der Waals surface area contributed by atoms with Crippen LogP contribution < -0.4 is 24.4 Å². The smallest absolute Gasteiger partial charge is 0.251 e. The van der Waals surface area contributed by atoms with Gasteiger partial charge < -0.3 is 29.0 Å². The van der Waals surface area contributed by atoms with E-state index in [2.05, 4.69) is 5.32 Å². The van der Waals surface area contributed by atoms with Crippen molar-refractivity contribution in [2.75, 3.05) is 39.8 Å². The van der Waals surface area contributed by atoms with E-state index in [0.29, 0.717) is 29.4 Å². The van der Waals surface area contributed by atoms with Crippen molar-refractivity contribution < 1.29 is 23.8 Å². The molecule has 9 nitrogen and oxygen atoms in total. The number of aromatic nitrogens is 2. The molecule has 9 heteroatoms. The molecule has 4 aromatic rings. The maximum atomic E-state index is 13.1. The number of hydrogen-bond donors (Lipinski definition) is 1. The van der Waals surface area contributed by atoms with Crippen molar-refractivity contribution in [2.45, 2.75) is 32.2 Å². The summed E-state index contributed by atoms with van der Waals surface area (Å²) in [6.45, 7) is 0.748. The Hall–Kier alpha value is -4.53. The molecule has 0 aliphatic carbocycles. The van der Waals surface area contributed by atoms with Gasteiger partial charge in [0.25, 0.3) is 5.91 Å². The Balaban J connectivity index is 1.33. The molecule has 4 rings (SSSR count). The molecule has 2 amide bonds. The van der Waals surface area contributed by atoms with E-state index in [1.165, 1.54) is 21.3 Å². The second-order valence-electron chi connectivity index (χ2n) is 9.37. The zero-order chi connectivity index (χ0) is 28.5. The number of nitrogens with zero attached hydrogens (tertiary/aromatic N) is 3. The highest BCUT2D eigenvalue weighted by atomic mass is 16.5. The second kappa shape index (κ2) is 13.5. The third-order valence-electron chi connectivity index (χ3n) is 6.83. The van der Waals surface area contributed by atoms with Gasteiger partial charge in [-0.2, -0.15) is 0 Å². The maximum absolute atomic E-state index is 13.1. The van der Waals surface area contributed by atoms with Gasteiger partial charge in [0.1, 0.15) is 12.4 Å². The van der Waals surface area contributed by atoms with Crippen LogP contribution in [0.15, 0.2) is 66.7 Å². The summed E-state index contributed by atoms with van der Waals surface area (Å²) in [6, 6.07) is 20.8. The fourth-order valence-corrected chi connectivity index (χ4v) is 4.63. The molecular weight excluding hydrogens is 508 g/mol. The molecule has 1 N–H and O–H groups in total. The van der Waals surface area contributed by atoms with Gasteiger partial charge in [-0.15, -0.1) is 0 Å². The van der Waals surface area contributed by atoms with Crippen LogP contribution in [0.5, 0.6) is 17.2 Å². The Morgan fingerprint density at radius 2 is 1.55 bits per heavy atom. The molecule has 3 aromatic carbocycles. The minimum atomic E-state index is -0.206. The highest BCUT2D eigenvalue weighted by Gasteiger charge is 2.18. The van der Waals surface area contributed by atoms with Crippen LogP contribution in [0.3, 0.4) is 0 Å². The molecule has 1 heterocycles. The molecular formula is C31H36N4O5. The van der Waals surface area contributed by atoms with E-state index < -0.39 is 0 Å². The molecule has 0 atom stereocenters. The molecule has 0 unspecified atom stereocenters. The molecule has 0 spiro atoms. The minimum absolute atomic E-state index is 0.00916. The SMILES string of the molecule is COc1cc(C(=O)NCCCCCc2nc3ccccc3n2CC(=O)N(C)c2ccccc2)cc(OC)c1OC. The number of hydrogen-bond acceptors (Lipinski definition) is 6. The van der Waals surface area contributed by atoms with E-state index in [0.717, 1.165) is 48.2 Å². The average Bonchev–Trinajstić information content (AvgIpc) is 3.34. The Labute approximate surface area is 234 Å². The zero-order valence-electron chi connectivity index (χ0n) is 23.5. The minimum Gasteiger partial charge on any atom is -0.493 e. The van der Waals surface area contributed by atoms with Gasteiger partial charge in [-0.25, -0.2) is 4.98 Å². The van der Waals surface area contributed by atoms with Crippen molar-refractivity contribution in [3.05, 3.63) is 78.1 Å². The Bertz CT molecular complexity index is 1430. The lowest BCUT2D eigenvalue weighted by molar-refractivity contribution is -0.118. The van der Waals surface area contributed by atoms with Crippen LogP contribution in [0.25, 0.3) is 11.0 Å². The summed E-state index contributed by atoms with van der Waals surface area (Å²) in [5.74, 6) is 1.98. The van der Waals surface area contributed by atoms with Crippen molar-refractivity contribution in [1.29, 1.82) is 0 Å². The van der Waals surface area contributed by atoms with Crippen molar-refractivity contribution in [3.63, 3.8) is 0 Å². The van der Waals surface area contributed by atoms with Crippen LogP contribution in [0.2, 0.25) is 0 Å². The lowest BCUT2D eigenvalue weighted by Crippen LogP contribution is -2.30. The van der Waals surface area contributed by atoms with Gasteiger partial charge in [0.2, 0.25) is 11.7 Å². The van der Waals surface area contributed by atoms with Gasteiger partial charge >= 0.3 is 0 Å². The first-order valence-corrected chi connectivity index (χ1v) is 13.3. The summed E-state index contributed by atoms with van der Waals surface area (Å²) in [5.41, 5.74) is 3.12. The van der Waals surface area contributed by atoms with Gasteiger partial charge in [-0.1, -0.05) is 36.8 Å². The van der Waals surface area contributed by atoms with E-state index in [1.807, 2.05) is 59.2 Å². The number of carbonyl (C=O) groups excluding carboxylic acids is 2. The molecule has 40 heavy (non-hydrogen) atoms. The highest BCUT2D eigenvalue weighted by molar-refractivity contribution is 5.95. The van der Waals surface area contributed by atoms with Crippen molar-refractivity contribution >= 4 is 28.5 Å². The molecule has 0 saturated carbocycles. The monoisotopic (exact) mass is 544 g/mol. The first-order valence-electron chi connectivity index (χ1n) is 13.3. The first-order chi connectivity index (χ1) is 19.5. The number of benzene rings is 3. The number of imidazole rings is 1. The number of para-hydroxylation sites is 3. The van der Waals surface area contributed by atoms with Crippen LogP contribution in [0.1, 0.15) is 35.4 Å². The Morgan fingerprint density at radius 3 is 2.23 bits per heavy atom. The van der Waals surface area contributed by atoms with Crippen LogP contribution in [-0.2, 0) is 17.8 Å². The molecule has 0 saturated heterocycles. The van der Waals surface area contributed by atoms with E-state index in [9.17, 15) is 9.59 Å². The third-order valence-corrected chi connectivity index (χ3v) is 6.83. The standard InChI is InChI=1S/C31H36N4O5/c1-34(23-13-7-5-8-14-23)29(36)21-35-25-16-11-10-15-24(25)33-28(35)17-9-6-12-18-32-31(37)22-19-26(38-2)30(40-4)27(20-22)39-3/h5,7-8,10-11,13-16,19-20H,6,9,12,17-18,21H2,1-4H3,(H,32,37). The summed E-state index contributed by atoms with van der Waals surface area (Å²) in [6.07, 6.45) is 3.33. The van der Waals surface area contributed by atoms with Crippen LogP contribution in [0.4, 0.5) is 5.69 Å². The quantitative estimate of drug-likeness (QED) is 0.242. The normalized spacial score (nSPS) is 10.8. The predicted octanol–water partition coefficient (Wildman–Crippen LogP) is 4.87. The molecule has 0 aliphatic heterocycles. The largest absolute Gasteiger partial charge is 0.493 e. The number of ether oxygens (including phenoxy) is 3. The topological polar surface area (TPSA) is 94.9 Å². The number of anilines is 1. The lowest BCUT2D eigenvalue weighted by atomic mass is 10.1. The molecule has 0 radical (unpaired) electrons. The average molecular weight is 545 g/mol. The summed E-state index contributed by atoms with van der Waals surface area (Å²) < 4.78 is 18.0. The van der Waals surface area contributed by atoms with Crippen LogP contribution >= 0.6 is 0 Å². The van der Waals surface area contributed by atoms with E-state index in [4.69, 9.17) is 19.2 Å². The number of unbranched alkanes of at least 4 members (excludes halogenated alkanes) is 2. The number of aryl methyl sites for hydroxylation is 1. The molecule has 1 aromatic heterocycles. The van der Waals surface area contributed by atoms with Crippen LogP contribution in [0, 0.1) is 0 Å². The molecule has 0 fully saturated rings. The third kappa shape index (κ3) is 6.54. The van der Waals surface area contributed by atoms with Gasteiger partial charge in [0.05, 0.1) is 32.4 Å². The Kier molecular flexibility index (Phi) is 9.62. The van der Waals surface area contributed by atoms with Crippen molar-refractivity contribution in [3.8, 4) is 17.2 Å². The van der Waals surface area contributed by atoms with E-state index in [-0.39, 0.29) is 18.4 Å². The molecule has 0 bridgehead atoms. The zero-order valence-corrected chi connectivity index (χ0v) is 23.5. The number of likely N-dealkylation sites (N-methyl/N-ethyl adjacent to an activating group) is 1. The Morgan fingerprint density at radius 1 is 0.875 bits per heavy atom. The maximum Gasteiger partial charge on any atom is 0.251 e. The first kappa shape index (κ1) is 28.5. The van der Waals surface area contributed by atoms with E-state index >= 15 is 0 Å².